The van der Waals surface area contributed by atoms with E-state index in [1.54, 1.807) is 29.8 Å². The molecule has 3 rings (SSSR count). The van der Waals surface area contributed by atoms with Crippen molar-refractivity contribution in [3.8, 4) is 0 Å². The molecule has 0 aromatic heterocycles. The van der Waals surface area contributed by atoms with Gasteiger partial charge in [-0.05, 0) is 12.1 Å². The second-order valence-corrected chi connectivity index (χ2v) is 6.31. The summed E-state index contributed by atoms with van der Waals surface area (Å²) in [6, 6.07) is 4.22. The van der Waals surface area contributed by atoms with Crippen LogP contribution in [0.5, 0.6) is 0 Å². The Kier molecular flexibility index (Phi) is 4.23. The fraction of sp³-hybridized carbons (Fsp3) is 0.333. The van der Waals surface area contributed by atoms with Gasteiger partial charge in [0.2, 0.25) is 0 Å². The SMILES string of the molecule is COC1=[N+](Cc2ccc(Cl)cc2Cl)C2C(=O)N(C)C(=O)N(C)C2=N1. The molecule has 7 nitrogen and oxygen atoms in total. The first kappa shape index (κ1) is 16.7. The molecule has 1 fully saturated rings. The number of imide groups is 1. The van der Waals surface area contributed by atoms with Crippen molar-refractivity contribution in [2.75, 3.05) is 21.2 Å². The van der Waals surface area contributed by atoms with Crippen molar-refractivity contribution in [3.63, 3.8) is 0 Å². The molecule has 2 heterocycles. The van der Waals surface area contributed by atoms with E-state index in [2.05, 4.69) is 4.99 Å². The zero-order chi connectivity index (χ0) is 17.6. The Morgan fingerprint density at radius 2 is 1.96 bits per heavy atom. The maximum absolute atomic E-state index is 12.6. The van der Waals surface area contributed by atoms with Crippen LogP contribution in [0.15, 0.2) is 23.2 Å². The molecule has 0 aliphatic carbocycles. The first-order valence-electron chi connectivity index (χ1n) is 7.10. The average Bonchev–Trinajstić information content (AvgIpc) is 2.92. The topological polar surface area (TPSA) is 65.2 Å². The van der Waals surface area contributed by atoms with E-state index in [-0.39, 0.29) is 11.9 Å². The number of hydrogen-bond donors (Lipinski definition) is 0. The third-order valence-corrected chi connectivity index (χ3v) is 4.62. The fourth-order valence-corrected chi connectivity index (χ4v) is 3.20. The number of rotatable bonds is 2. The summed E-state index contributed by atoms with van der Waals surface area (Å²) >= 11 is 12.2. The molecule has 1 aromatic rings. The molecule has 1 aromatic carbocycles. The maximum atomic E-state index is 12.6. The van der Waals surface area contributed by atoms with Crippen LogP contribution in [-0.2, 0) is 16.1 Å². The number of methoxy groups -OCH3 is 1. The van der Waals surface area contributed by atoms with Crippen LogP contribution in [0.1, 0.15) is 5.56 Å². The van der Waals surface area contributed by atoms with Crippen LogP contribution in [0, 0.1) is 0 Å². The third kappa shape index (κ3) is 2.53. The number of likely N-dealkylation sites (N-methyl/N-ethyl adjacent to an activating group) is 2. The van der Waals surface area contributed by atoms with E-state index in [9.17, 15) is 9.59 Å². The summed E-state index contributed by atoms with van der Waals surface area (Å²) in [5.41, 5.74) is 0.766. The summed E-state index contributed by atoms with van der Waals surface area (Å²) in [5.74, 6) is -0.0287. The summed E-state index contributed by atoms with van der Waals surface area (Å²) in [6.45, 7) is 0.290. The summed E-state index contributed by atoms with van der Waals surface area (Å²) in [6.07, 6.45) is 0. The highest BCUT2D eigenvalue weighted by Crippen LogP contribution is 2.25. The van der Waals surface area contributed by atoms with E-state index >= 15 is 0 Å². The third-order valence-electron chi connectivity index (χ3n) is 4.03. The Labute approximate surface area is 148 Å². The van der Waals surface area contributed by atoms with Gasteiger partial charge in [-0.25, -0.2) is 4.79 Å². The van der Waals surface area contributed by atoms with E-state index in [4.69, 9.17) is 27.9 Å². The maximum Gasteiger partial charge on any atom is 0.496 e. The number of carbonyl (C=O) groups excluding carboxylic acids is 2. The van der Waals surface area contributed by atoms with Crippen LogP contribution < -0.4 is 0 Å². The molecule has 0 N–H and O–H groups in total. The van der Waals surface area contributed by atoms with Crippen molar-refractivity contribution in [1.82, 2.24) is 9.80 Å². The van der Waals surface area contributed by atoms with Gasteiger partial charge in [0, 0.05) is 34.7 Å². The summed E-state index contributed by atoms with van der Waals surface area (Å²) < 4.78 is 6.97. The first-order valence-corrected chi connectivity index (χ1v) is 7.86. The predicted molar refractivity (Wildman–Crippen MR) is 89.6 cm³/mol. The molecule has 9 heteroatoms. The number of benzene rings is 1. The van der Waals surface area contributed by atoms with Crippen molar-refractivity contribution >= 4 is 47.0 Å². The van der Waals surface area contributed by atoms with Crippen LogP contribution in [0.4, 0.5) is 4.79 Å². The lowest BCUT2D eigenvalue weighted by molar-refractivity contribution is -0.558. The molecule has 1 atom stereocenters. The average molecular weight is 370 g/mol. The Morgan fingerprint density at radius 1 is 1.25 bits per heavy atom. The zero-order valence-corrected chi connectivity index (χ0v) is 14.8. The first-order chi connectivity index (χ1) is 11.3. The number of fused-ring (bicyclic) bond motifs is 1. The minimum Gasteiger partial charge on any atom is -0.432 e. The minimum atomic E-state index is -0.737. The van der Waals surface area contributed by atoms with E-state index in [1.165, 1.54) is 19.1 Å². The number of halogens is 2. The van der Waals surface area contributed by atoms with Gasteiger partial charge in [0.1, 0.15) is 6.54 Å². The molecule has 0 saturated carbocycles. The fourth-order valence-electron chi connectivity index (χ4n) is 2.73. The highest BCUT2D eigenvalue weighted by molar-refractivity contribution is 6.35. The molecule has 24 heavy (non-hydrogen) atoms. The van der Waals surface area contributed by atoms with Gasteiger partial charge in [-0.15, -0.1) is 0 Å². The molecule has 3 amide bonds. The molecule has 0 bridgehead atoms. The molecule has 1 saturated heterocycles. The lowest BCUT2D eigenvalue weighted by Gasteiger charge is -2.30. The van der Waals surface area contributed by atoms with Crippen LogP contribution in [0.2, 0.25) is 10.0 Å². The largest absolute Gasteiger partial charge is 0.496 e. The Hall–Kier alpha value is -2.12. The lowest BCUT2D eigenvalue weighted by atomic mass is 10.1. The monoisotopic (exact) mass is 369 g/mol. The highest BCUT2D eigenvalue weighted by atomic mass is 35.5. The second kappa shape index (κ2) is 6.07. The van der Waals surface area contributed by atoms with Crippen LogP contribution in [0.25, 0.3) is 0 Å². The number of amides is 3. The highest BCUT2D eigenvalue weighted by Gasteiger charge is 2.53. The predicted octanol–water partition coefficient (Wildman–Crippen LogP) is 1.81. The summed E-state index contributed by atoms with van der Waals surface area (Å²) in [4.78, 5) is 31.4. The van der Waals surface area contributed by atoms with Gasteiger partial charge in [-0.1, -0.05) is 29.3 Å². The number of hydrogen-bond acceptors (Lipinski definition) is 4. The molecule has 2 aliphatic rings. The Balaban J connectivity index is 2.01. The van der Waals surface area contributed by atoms with Gasteiger partial charge < -0.3 is 4.74 Å². The number of urea groups is 1. The smallest absolute Gasteiger partial charge is 0.432 e. The van der Waals surface area contributed by atoms with E-state index in [0.717, 1.165) is 10.5 Å². The zero-order valence-electron chi connectivity index (χ0n) is 13.3. The summed E-state index contributed by atoms with van der Waals surface area (Å²) in [7, 11) is 4.47. The number of carbonyl (C=O) groups is 2. The lowest BCUT2D eigenvalue weighted by Crippen LogP contribution is -2.61. The quantitative estimate of drug-likeness (QED) is 0.746. The van der Waals surface area contributed by atoms with E-state index in [1.807, 2.05) is 0 Å². The molecular formula is C15H15Cl2N4O3+. The van der Waals surface area contributed by atoms with Crippen molar-refractivity contribution in [2.45, 2.75) is 12.6 Å². The van der Waals surface area contributed by atoms with Gasteiger partial charge in [-0.3, -0.25) is 14.6 Å². The molecular weight excluding hydrogens is 355 g/mol. The Morgan fingerprint density at radius 3 is 2.58 bits per heavy atom. The standard InChI is InChI=1S/C15H15Cl2N4O3/c1-19-12-11(13(22)20(2)15(19)23)21(14(18-12)24-3)7-8-4-5-9(16)6-10(8)17/h4-6,11H,7H2,1-3H3/q+1. The number of aliphatic imine (C=N–C) groups is 1. The van der Waals surface area contributed by atoms with Gasteiger partial charge >= 0.3 is 12.1 Å². The molecule has 2 aliphatic heterocycles. The minimum absolute atomic E-state index is 0.254. The molecule has 0 radical (unpaired) electrons. The number of ether oxygens (including phenoxy) is 1. The van der Waals surface area contributed by atoms with Gasteiger partial charge in [-0.2, -0.15) is 4.58 Å². The van der Waals surface area contributed by atoms with Gasteiger partial charge in [0.25, 0.3) is 17.8 Å². The molecule has 0 spiro atoms. The number of amidine groups is 2. The van der Waals surface area contributed by atoms with Crippen molar-refractivity contribution in [3.05, 3.63) is 33.8 Å². The second-order valence-electron chi connectivity index (χ2n) is 5.46. The molecule has 1 unspecified atom stereocenters. The van der Waals surface area contributed by atoms with E-state index in [0.29, 0.717) is 22.4 Å². The number of nitrogens with zero attached hydrogens (tertiary/aromatic N) is 4. The van der Waals surface area contributed by atoms with Crippen molar-refractivity contribution in [1.29, 1.82) is 0 Å². The van der Waals surface area contributed by atoms with Crippen LogP contribution >= 0.6 is 23.2 Å². The van der Waals surface area contributed by atoms with Crippen molar-refractivity contribution < 1.29 is 18.9 Å². The summed E-state index contributed by atoms with van der Waals surface area (Å²) in [5, 5.41) is 1.00. The normalized spacial score (nSPS) is 20.5. The van der Waals surface area contributed by atoms with E-state index < -0.39 is 12.1 Å². The van der Waals surface area contributed by atoms with Crippen LogP contribution in [-0.4, -0.2) is 65.4 Å². The Bertz CT molecular complexity index is 806. The van der Waals surface area contributed by atoms with Gasteiger partial charge in [0.05, 0.1) is 7.11 Å². The van der Waals surface area contributed by atoms with Gasteiger partial charge in [0.15, 0.2) is 0 Å². The van der Waals surface area contributed by atoms with Crippen LogP contribution in [0.3, 0.4) is 0 Å². The molecule has 126 valence electrons. The van der Waals surface area contributed by atoms with Crippen molar-refractivity contribution in [2.24, 2.45) is 4.99 Å².